The van der Waals surface area contributed by atoms with E-state index in [1.54, 1.807) is 31.6 Å². The Morgan fingerprint density at radius 2 is 1.65 bits per heavy atom. The van der Waals surface area contributed by atoms with Crippen molar-refractivity contribution in [3.05, 3.63) is 89.7 Å². The van der Waals surface area contributed by atoms with Crippen LogP contribution in [0.5, 0.6) is 5.75 Å². The summed E-state index contributed by atoms with van der Waals surface area (Å²) in [4.78, 5) is 16.1. The molecule has 1 heterocycles. The van der Waals surface area contributed by atoms with Gasteiger partial charge in [-0.15, -0.1) is 0 Å². The lowest BCUT2D eigenvalue weighted by Crippen LogP contribution is -2.14. The maximum Gasteiger partial charge on any atom is 0.255 e. The van der Waals surface area contributed by atoms with Crippen molar-refractivity contribution >= 4 is 11.6 Å². The molecule has 0 aliphatic heterocycles. The van der Waals surface area contributed by atoms with Crippen LogP contribution in [0.15, 0.2) is 73.1 Å². The number of pyridine rings is 1. The molecule has 0 fully saturated rings. The van der Waals surface area contributed by atoms with Crippen LogP contribution in [0.2, 0.25) is 0 Å². The molecule has 1 amide bonds. The Hall–Kier alpha value is -3.18. The molecule has 0 aliphatic rings. The molecule has 0 radical (unpaired) electrons. The summed E-state index contributed by atoms with van der Waals surface area (Å²) >= 11 is 0. The van der Waals surface area contributed by atoms with Gasteiger partial charge in [0.25, 0.3) is 5.91 Å². The van der Waals surface area contributed by atoms with Crippen molar-refractivity contribution in [3.8, 4) is 5.75 Å². The van der Waals surface area contributed by atoms with Gasteiger partial charge in [0.05, 0.1) is 7.11 Å². The van der Waals surface area contributed by atoms with E-state index < -0.39 is 0 Å². The highest BCUT2D eigenvalue weighted by molar-refractivity contribution is 6.04. The number of hydrogen-bond acceptors (Lipinski definition) is 4. The van der Waals surface area contributed by atoms with Gasteiger partial charge in [-0.1, -0.05) is 24.3 Å². The second-order valence-corrected chi connectivity index (χ2v) is 5.85. The van der Waals surface area contributed by atoms with Crippen molar-refractivity contribution < 1.29 is 9.53 Å². The van der Waals surface area contributed by atoms with Gasteiger partial charge in [0, 0.05) is 36.7 Å². The molecule has 2 N–H and O–H groups in total. The van der Waals surface area contributed by atoms with Crippen LogP contribution in [0.1, 0.15) is 21.5 Å². The minimum Gasteiger partial charge on any atom is -0.497 e. The number of benzene rings is 2. The molecule has 0 saturated heterocycles. The van der Waals surface area contributed by atoms with E-state index in [4.69, 9.17) is 4.74 Å². The molecular weight excluding hydrogens is 326 g/mol. The smallest absolute Gasteiger partial charge is 0.255 e. The first kappa shape index (κ1) is 17.6. The summed E-state index contributed by atoms with van der Waals surface area (Å²) in [6.45, 7) is 1.45. The highest BCUT2D eigenvalue weighted by Gasteiger charge is 2.05. The van der Waals surface area contributed by atoms with E-state index in [2.05, 4.69) is 21.7 Å². The minimum atomic E-state index is -0.145. The third kappa shape index (κ3) is 4.91. The van der Waals surface area contributed by atoms with Gasteiger partial charge in [-0.2, -0.15) is 0 Å². The lowest BCUT2D eigenvalue weighted by atomic mass is 10.1. The molecular formula is C21H21N3O2. The molecule has 0 unspecified atom stereocenters. The highest BCUT2D eigenvalue weighted by Crippen LogP contribution is 2.14. The van der Waals surface area contributed by atoms with Gasteiger partial charge in [0.15, 0.2) is 0 Å². The summed E-state index contributed by atoms with van der Waals surface area (Å²) in [6.07, 6.45) is 3.21. The molecule has 5 nitrogen and oxygen atoms in total. The maximum absolute atomic E-state index is 12.2. The lowest BCUT2D eigenvalue weighted by Gasteiger charge is -2.09. The van der Waals surface area contributed by atoms with E-state index in [-0.39, 0.29) is 5.91 Å². The Morgan fingerprint density at radius 1 is 0.962 bits per heavy atom. The number of aromatic nitrogens is 1. The van der Waals surface area contributed by atoms with Gasteiger partial charge >= 0.3 is 0 Å². The van der Waals surface area contributed by atoms with Crippen molar-refractivity contribution in [3.63, 3.8) is 0 Å². The molecule has 26 heavy (non-hydrogen) atoms. The van der Waals surface area contributed by atoms with E-state index in [9.17, 15) is 4.79 Å². The van der Waals surface area contributed by atoms with Crippen LogP contribution in [0, 0.1) is 0 Å². The normalized spacial score (nSPS) is 10.3. The molecule has 0 saturated carbocycles. The zero-order valence-corrected chi connectivity index (χ0v) is 14.6. The fourth-order valence-electron chi connectivity index (χ4n) is 2.60. The van der Waals surface area contributed by atoms with Gasteiger partial charge in [0.2, 0.25) is 0 Å². The number of carbonyl (C=O) groups excluding carboxylic acids is 1. The fourth-order valence-corrected chi connectivity index (χ4v) is 2.60. The Kier molecular flexibility index (Phi) is 5.96. The Labute approximate surface area is 153 Å². The van der Waals surface area contributed by atoms with Crippen molar-refractivity contribution in [2.75, 3.05) is 12.4 Å². The molecule has 0 aliphatic carbocycles. The number of methoxy groups -OCH3 is 1. The van der Waals surface area contributed by atoms with Gasteiger partial charge in [-0.3, -0.25) is 9.78 Å². The standard InChI is InChI=1S/C21H21N3O2/c1-26-20-7-3-5-17(13-20)15-23-14-16-4-2-6-19(12-16)24-21(25)18-8-10-22-11-9-18/h2-13,23H,14-15H2,1H3,(H,24,25). The quantitative estimate of drug-likeness (QED) is 0.685. The molecule has 3 rings (SSSR count). The van der Waals surface area contributed by atoms with Crippen molar-refractivity contribution in [1.29, 1.82) is 0 Å². The van der Waals surface area contributed by atoms with Crippen LogP contribution in [0.25, 0.3) is 0 Å². The molecule has 2 aromatic carbocycles. The molecule has 0 spiro atoms. The van der Waals surface area contributed by atoms with Crippen LogP contribution in [0.4, 0.5) is 5.69 Å². The largest absolute Gasteiger partial charge is 0.497 e. The zero-order chi connectivity index (χ0) is 18.2. The maximum atomic E-state index is 12.2. The second kappa shape index (κ2) is 8.78. The molecule has 5 heteroatoms. The van der Waals surface area contributed by atoms with Crippen molar-refractivity contribution in [1.82, 2.24) is 10.3 Å². The number of carbonyl (C=O) groups is 1. The Balaban J connectivity index is 1.56. The van der Waals surface area contributed by atoms with Gasteiger partial charge in [-0.25, -0.2) is 0 Å². The lowest BCUT2D eigenvalue weighted by molar-refractivity contribution is 0.102. The number of anilines is 1. The first-order chi connectivity index (χ1) is 12.7. The highest BCUT2D eigenvalue weighted by atomic mass is 16.5. The molecule has 3 aromatic rings. The molecule has 1 aromatic heterocycles. The van der Waals surface area contributed by atoms with E-state index in [1.165, 1.54) is 0 Å². The predicted octanol–water partition coefficient (Wildman–Crippen LogP) is 3.63. The predicted molar refractivity (Wildman–Crippen MR) is 102 cm³/mol. The van der Waals surface area contributed by atoms with Crippen molar-refractivity contribution in [2.45, 2.75) is 13.1 Å². The second-order valence-electron chi connectivity index (χ2n) is 5.85. The average molecular weight is 347 g/mol. The Bertz CT molecular complexity index is 866. The van der Waals surface area contributed by atoms with Crippen LogP contribution in [-0.4, -0.2) is 18.0 Å². The van der Waals surface area contributed by atoms with Crippen LogP contribution in [0.3, 0.4) is 0 Å². The third-order valence-electron chi connectivity index (χ3n) is 3.92. The number of rotatable bonds is 7. The fraction of sp³-hybridized carbons (Fsp3) is 0.143. The molecule has 0 atom stereocenters. The summed E-state index contributed by atoms with van der Waals surface area (Å²) < 4.78 is 5.24. The molecule has 0 bridgehead atoms. The van der Waals surface area contributed by atoms with Crippen molar-refractivity contribution in [2.24, 2.45) is 0 Å². The summed E-state index contributed by atoms with van der Waals surface area (Å²) in [6, 6.07) is 19.2. The van der Waals surface area contributed by atoms with Crippen LogP contribution >= 0.6 is 0 Å². The summed E-state index contributed by atoms with van der Waals surface area (Å²) in [7, 11) is 1.66. The molecule has 132 valence electrons. The number of nitrogens with one attached hydrogen (secondary N) is 2. The van der Waals surface area contributed by atoms with E-state index in [0.29, 0.717) is 12.1 Å². The first-order valence-electron chi connectivity index (χ1n) is 8.38. The number of hydrogen-bond donors (Lipinski definition) is 2. The number of ether oxygens (including phenoxy) is 1. The van der Waals surface area contributed by atoms with Crippen LogP contribution in [-0.2, 0) is 13.1 Å². The summed E-state index contributed by atoms with van der Waals surface area (Å²) in [5, 5.41) is 6.32. The van der Waals surface area contributed by atoms with Gasteiger partial charge in [-0.05, 0) is 47.5 Å². The number of nitrogens with zero attached hydrogens (tertiary/aromatic N) is 1. The van der Waals surface area contributed by atoms with Gasteiger partial charge < -0.3 is 15.4 Å². The minimum absolute atomic E-state index is 0.145. The monoisotopic (exact) mass is 347 g/mol. The van der Waals surface area contributed by atoms with E-state index in [0.717, 1.165) is 29.1 Å². The summed E-state index contributed by atoms with van der Waals surface area (Å²) in [5.74, 6) is 0.707. The van der Waals surface area contributed by atoms with E-state index >= 15 is 0 Å². The van der Waals surface area contributed by atoms with Crippen LogP contribution < -0.4 is 15.4 Å². The first-order valence-corrected chi connectivity index (χ1v) is 8.38. The SMILES string of the molecule is COc1cccc(CNCc2cccc(NC(=O)c3ccncc3)c2)c1. The topological polar surface area (TPSA) is 63.2 Å². The van der Waals surface area contributed by atoms with E-state index in [1.807, 2.05) is 42.5 Å². The average Bonchev–Trinajstić information content (AvgIpc) is 2.69. The number of amides is 1. The summed E-state index contributed by atoms with van der Waals surface area (Å²) in [5.41, 5.74) is 3.61. The van der Waals surface area contributed by atoms with Gasteiger partial charge in [0.1, 0.15) is 5.75 Å². The third-order valence-corrected chi connectivity index (χ3v) is 3.92. The Morgan fingerprint density at radius 3 is 2.38 bits per heavy atom. The zero-order valence-electron chi connectivity index (χ0n) is 14.6.